The molecule has 0 unspecified atom stereocenters. The number of halogens is 1. The lowest BCUT2D eigenvalue weighted by Crippen LogP contribution is -2.11. The van der Waals surface area contributed by atoms with Crippen molar-refractivity contribution < 1.29 is 9.90 Å². The number of nitrogen functional groups attached to an aromatic ring is 1. The van der Waals surface area contributed by atoms with Crippen molar-refractivity contribution in [1.82, 2.24) is 0 Å². The van der Waals surface area contributed by atoms with E-state index in [4.69, 9.17) is 16.6 Å². The van der Waals surface area contributed by atoms with E-state index in [2.05, 4.69) is 22.6 Å². The molecular formula is C8H11IN2O2. The first-order valence-corrected chi connectivity index (χ1v) is 4.48. The van der Waals surface area contributed by atoms with Crippen molar-refractivity contribution in [3.63, 3.8) is 0 Å². The van der Waals surface area contributed by atoms with E-state index in [1.807, 2.05) is 0 Å². The van der Waals surface area contributed by atoms with Crippen molar-refractivity contribution in [3.8, 4) is 0 Å². The van der Waals surface area contributed by atoms with Gasteiger partial charge in [0.1, 0.15) is 0 Å². The molecule has 1 aromatic carbocycles. The van der Waals surface area contributed by atoms with Crippen molar-refractivity contribution in [2.75, 3.05) is 12.8 Å². The van der Waals surface area contributed by atoms with Crippen LogP contribution in [-0.4, -0.2) is 18.1 Å². The molecule has 0 aliphatic heterocycles. The highest BCUT2D eigenvalue weighted by atomic mass is 127. The van der Waals surface area contributed by atoms with E-state index in [0.717, 1.165) is 10.7 Å². The topological polar surface area (TPSA) is 89.3 Å². The standard InChI is InChI=1S/C7H7IN2O.CH4O/c8-5-2-1-4(7(10)11)3-6(5)9;1-2/h1-3H,9H2,(H2,10,11);2H,1H3. The number of aliphatic hydroxyl groups is 1. The highest BCUT2D eigenvalue weighted by molar-refractivity contribution is 14.1. The first kappa shape index (κ1) is 12.2. The number of rotatable bonds is 1. The molecule has 0 atom stereocenters. The first-order chi connectivity index (χ1) is 6.11. The average Bonchev–Trinajstić information content (AvgIpc) is 2.13. The molecule has 5 N–H and O–H groups in total. The molecule has 0 radical (unpaired) electrons. The van der Waals surface area contributed by atoms with Gasteiger partial charge in [-0.3, -0.25) is 4.79 Å². The Labute approximate surface area is 90.1 Å². The SMILES string of the molecule is CO.NC(=O)c1ccc(I)c(N)c1. The van der Waals surface area contributed by atoms with Gasteiger partial charge < -0.3 is 16.6 Å². The molecule has 1 rings (SSSR count). The number of hydrogen-bond donors (Lipinski definition) is 3. The molecule has 0 spiro atoms. The summed E-state index contributed by atoms with van der Waals surface area (Å²) in [5.41, 5.74) is 11.6. The summed E-state index contributed by atoms with van der Waals surface area (Å²) in [5.74, 6) is -0.451. The summed E-state index contributed by atoms with van der Waals surface area (Å²) in [4.78, 5) is 10.6. The Kier molecular flexibility index (Phi) is 5.40. The van der Waals surface area contributed by atoms with Crippen molar-refractivity contribution in [2.24, 2.45) is 5.73 Å². The van der Waals surface area contributed by atoms with Crippen molar-refractivity contribution >= 4 is 34.2 Å². The second-order valence-corrected chi connectivity index (χ2v) is 3.26. The van der Waals surface area contributed by atoms with Crippen LogP contribution in [0, 0.1) is 3.57 Å². The molecule has 0 bridgehead atoms. The Morgan fingerprint density at radius 1 is 1.46 bits per heavy atom. The summed E-state index contributed by atoms with van der Waals surface area (Å²) in [7, 11) is 1.00. The minimum Gasteiger partial charge on any atom is -0.400 e. The Hall–Kier alpha value is -0.820. The third kappa shape index (κ3) is 3.60. The predicted molar refractivity (Wildman–Crippen MR) is 60.2 cm³/mol. The fourth-order valence-electron chi connectivity index (χ4n) is 0.697. The molecule has 0 saturated carbocycles. The predicted octanol–water partition coefficient (Wildman–Crippen LogP) is 0.581. The number of carbonyl (C=O) groups excluding carboxylic acids is 1. The normalized spacial score (nSPS) is 8.54. The maximum Gasteiger partial charge on any atom is 0.248 e. The molecule has 0 fully saturated rings. The zero-order valence-electron chi connectivity index (χ0n) is 7.12. The van der Waals surface area contributed by atoms with E-state index in [1.54, 1.807) is 18.2 Å². The Balaban J connectivity index is 0.000000671. The summed E-state index contributed by atoms with van der Waals surface area (Å²) >= 11 is 2.09. The number of aliphatic hydroxyl groups excluding tert-OH is 1. The molecular weight excluding hydrogens is 283 g/mol. The summed E-state index contributed by atoms with van der Waals surface area (Å²) < 4.78 is 0.924. The molecule has 13 heavy (non-hydrogen) atoms. The quantitative estimate of drug-likeness (QED) is 0.523. The van der Waals surface area contributed by atoms with Gasteiger partial charge in [0.15, 0.2) is 0 Å². The minimum absolute atomic E-state index is 0.447. The number of carbonyl (C=O) groups is 1. The second-order valence-electron chi connectivity index (χ2n) is 2.10. The van der Waals surface area contributed by atoms with Gasteiger partial charge in [-0.2, -0.15) is 0 Å². The van der Waals surface area contributed by atoms with Gasteiger partial charge in [0.25, 0.3) is 0 Å². The van der Waals surface area contributed by atoms with Crippen LogP contribution in [0.5, 0.6) is 0 Å². The number of benzene rings is 1. The monoisotopic (exact) mass is 294 g/mol. The lowest BCUT2D eigenvalue weighted by molar-refractivity contribution is 0.100. The maximum absolute atomic E-state index is 10.6. The molecule has 1 amide bonds. The van der Waals surface area contributed by atoms with Gasteiger partial charge in [0.05, 0.1) is 0 Å². The van der Waals surface area contributed by atoms with Crippen LogP contribution < -0.4 is 11.5 Å². The van der Waals surface area contributed by atoms with E-state index in [9.17, 15) is 4.79 Å². The number of hydrogen-bond acceptors (Lipinski definition) is 3. The molecule has 0 aliphatic rings. The van der Waals surface area contributed by atoms with Gasteiger partial charge in [-0.1, -0.05) is 0 Å². The van der Waals surface area contributed by atoms with Crippen LogP contribution in [0.25, 0.3) is 0 Å². The molecule has 0 aliphatic carbocycles. The Bertz CT molecular complexity index is 302. The van der Waals surface area contributed by atoms with Crippen molar-refractivity contribution in [1.29, 1.82) is 0 Å². The van der Waals surface area contributed by atoms with Crippen LogP contribution in [0.3, 0.4) is 0 Å². The summed E-state index contributed by atoms with van der Waals surface area (Å²) in [5, 5.41) is 7.00. The third-order valence-corrected chi connectivity index (χ3v) is 2.26. The van der Waals surface area contributed by atoms with E-state index < -0.39 is 5.91 Å². The first-order valence-electron chi connectivity index (χ1n) is 3.41. The van der Waals surface area contributed by atoms with Crippen LogP contribution in [0.4, 0.5) is 5.69 Å². The van der Waals surface area contributed by atoms with Crippen molar-refractivity contribution in [3.05, 3.63) is 27.3 Å². The molecule has 0 aromatic heterocycles. The van der Waals surface area contributed by atoms with Crippen LogP contribution >= 0.6 is 22.6 Å². The second kappa shape index (κ2) is 5.76. The van der Waals surface area contributed by atoms with E-state index in [0.29, 0.717) is 11.3 Å². The summed E-state index contributed by atoms with van der Waals surface area (Å²) in [6.07, 6.45) is 0. The van der Waals surface area contributed by atoms with Crippen LogP contribution in [0.15, 0.2) is 18.2 Å². The molecule has 4 nitrogen and oxygen atoms in total. The Morgan fingerprint density at radius 3 is 2.38 bits per heavy atom. The highest BCUT2D eigenvalue weighted by Gasteiger charge is 2.01. The molecule has 1 aromatic rings. The number of primary amides is 1. The zero-order valence-corrected chi connectivity index (χ0v) is 9.28. The van der Waals surface area contributed by atoms with Crippen LogP contribution in [0.1, 0.15) is 10.4 Å². The summed E-state index contributed by atoms with van der Waals surface area (Å²) in [6.45, 7) is 0. The maximum atomic E-state index is 10.6. The van der Waals surface area contributed by atoms with Gasteiger partial charge in [-0.15, -0.1) is 0 Å². The molecule has 72 valence electrons. The molecule has 0 heterocycles. The van der Waals surface area contributed by atoms with Gasteiger partial charge in [0.2, 0.25) is 5.91 Å². The average molecular weight is 294 g/mol. The smallest absolute Gasteiger partial charge is 0.248 e. The molecule has 5 heteroatoms. The fraction of sp³-hybridized carbons (Fsp3) is 0.125. The van der Waals surface area contributed by atoms with Gasteiger partial charge in [-0.25, -0.2) is 0 Å². The number of nitrogens with two attached hydrogens (primary N) is 2. The van der Waals surface area contributed by atoms with E-state index in [1.165, 1.54) is 0 Å². The fourth-order valence-corrected chi connectivity index (χ4v) is 1.03. The van der Waals surface area contributed by atoms with Gasteiger partial charge in [0, 0.05) is 21.9 Å². The number of amides is 1. The Morgan fingerprint density at radius 2 is 2.00 bits per heavy atom. The van der Waals surface area contributed by atoms with Gasteiger partial charge in [-0.05, 0) is 40.8 Å². The van der Waals surface area contributed by atoms with Gasteiger partial charge >= 0.3 is 0 Å². The van der Waals surface area contributed by atoms with E-state index >= 15 is 0 Å². The minimum atomic E-state index is -0.451. The number of anilines is 1. The summed E-state index contributed by atoms with van der Waals surface area (Å²) in [6, 6.07) is 4.99. The highest BCUT2D eigenvalue weighted by Crippen LogP contribution is 2.15. The third-order valence-electron chi connectivity index (χ3n) is 1.28. The van der Waals surface area contributed by atoms with Crippen molar-refractivity contribution in [2.45, 2.75) is 0 Å². The lowest BCUT2D eigenvalue weighted by atomic mass is 10.2. The lowest BCUT2D eigenvalue weighted by Gasteiger charge is -1.99. The van der Waals surface area contributed by atoms with Crippen LogP contribution in [-0.2, 0) is 0 Å². The largest absolute Gasteiger partial charge is 0.400 e. The van der Waals surface area contributed by atoms with Crippen LogP contribution in [0.2, 0.25) is 0 Å². The molecule has 0 saturated heterocycles. The van der Waals surface area contributed by atoms with E-state index in [-0.39, 0.29) is 0 Å². The zero-order chi connectivity index (χ0) is 10.4.